The SMILES string of the molecule is CC(C)(C)OC(=O)Nc1cccc(Nc2nc(Nc3ccc(OCCOCCOS(C)(=O)=O)cc3)ncc2F)c1. The Labute approximate surface area is 232 Å². The first kappa shape index (κ1) is 30.5. The molecule has 12 nitrogen and oxygen atoms in total. The lowest BCUT2D eigenvalue weighted by Crippen LogP contribution is -2.27. The number of rotatable bonds is 13. The lowest BCUT2D eigenvalue weighted by atomic mass is 10.2. The summed E-state index contributed by atoms with van der Waals surface area (Å²) >= 11 is 0. The molecule has 0 radical (unpaired) electrons. The number of benzene rings is 2. The topological polar surface area (TPSA) is 150 Å². The zero-order valence-corrected chi connectivity index (χ0v) is 23.4. The van der Waals surface area contributed by atoms with Crippen LogP contribution in [0.25, 0.3) is 0 Å². The number of nitrogens with one attached hydrogen (secondary N) is 3. The molecular weight excluding hydrogens is 545 g/mol. The summed E-state index contributed by atoms with van der Waals surface area (Å²) in [4.78, 5) is 20.2. The Morgan fingerprint density at radius 1 is 0.950 bits per heavy atom. The molecule has 0 aliphatic heterocycles. The van der Waals surface area contributed by atoms with Gasteiger partial charge in [-0.25, -0.2) is 14.2 Å². The molecule has 40 heavy (non-hydrogen) atoms. The van der Waals surface area contributed by atoms with Crippen LogP contribution in [0.2, 0.25) is 0 Å². The van der Waals surface area contributed by atoms with Crippen LogP contribution in [0.4, 0.5) is 38.0 Å². The summed E-state index contributed by atoms with van der Waals surface area (Å²) in [7, 11) is -3.48. The van der Waals surface area contributed by atoms with Crippen LogP contribution in [-0.2, 0) is 23.8 Å². The molecule has 1 amide bonds. The second kappa shape index (κ2) is 13.9. The van der Waals surface area contributed by atoms with Crippen molar-refractivity contribution in [1.29, 1.82) is 0 Å². The van der Waals surface area contributed by atoms with Crippen molar-refractivity contribution in [3.63, 3.8) is 0 Å². The Hall–Kier alpha value is -4.01. The largest absolute Gasteiger partial charge is 0.491 e. The molecule has 1 aromatic heterocycles. The number of anilines is 5. The van der Waals surface area contributed by atoms with Crippen molar-refractivity contribution in [2.45, 2.75) is 26.4 Å². The summed E-state index contributed by atoms with van der Waals surface area (Å²) in [5, 5.41) is 8.53. The van der Waals surface area contributed by atoms with Gasteiger partial charge in [0, 0.05) is 17.1 Å². The maximum absolute atomic E-state index is 14.4. The van der Waals surface area contributed by atoms with Crippen molar-refractivity contribution in [1.82, 2.24) is 9.97 Å². The van der Waals surface area contributed by atoms with Gasteiger partial charge in [-0.15, -0.1) is 0 Å². The number of hydrogen-bond acceptors (Lipinski definition) is 11. The molecule has 0 aliphatic rings. The van der Waals surface area contributed by atoms with Gasteiger partial charge in [0.15, 0.2) is 11.6 Å². The van der Waals surface area contributed by atoms with Gasteiger partial charge in [-0.05, 0) is 63.2 Å². The van der Waals surface area contributed by atoms with Gasteiger partial charge >= 0.3 is 6.09 Å². The number of hydrogen-bond donors (Lipinski definition) is 3. The van der Waals surface area contributed by atoms with Crippen LogP contribution in [-0.4, -0.2) is 62.8 Å². The highest BCUT2D eigenvalue weighted by atomic mass is 32.2. The molecular formula is C26H32FN5O7S. The maximum Gasteiger partial charge on any atom is 0.412 e. The van der Waals surface area contributed by atoms with Gasteiger partial charge in [0.05, 0.1) is 32.3 Å². The zero-order valence-electron chi connectivity index (χ0n) is 22.6. The lowest BCUT2D eigenvalue weighted by molar-refractivity contribution is 0.0636. The number of halogens is 1. The van der Waals surface area contributed by atoms with Crippen LogP contribution in [0, 0.1) is 5.82 Å². The fourth-order valence-electron chi connectivity index (χ4n) is 3.08. The summed E-state index contributed by atoms with van der Waals surface area (Å²) < 4.78 is 56.9. The summed E-state index contributed by atoms with van der Waals surface area (Å²) in [6.45, 7) is 5.88. The van der Waals surface area contributed by atoms with Gasteiger partial charge in [-0.1, -0.05) is 6.07 Å². The second-order valence-corrected chi connectivity index (χ2v) is 11.0. The summed E-state index contributed by atoms with van der Waals surface area (Å²) in [6, 6.07) is 13.6. The van der Waals surface area contributed by atoms with E-state index in [-0.39, 0.29) is 38.2 Å². The molecule has 216 valence electrons. The monoisotopic (exact) mass is 577 g/mol. The van der Waals surface area contributed by atoms with E-state index in [1.165, 1.54) is 0 Å². The van der Waals surface area contributed by atoms with Crippen molar-refractivity contribution in [2.75, 3.05) is 48.6 Å². The Morgan fingerprint density at radius 3 is 2.35 bits per heavy atom. The van der Waals surface area contributed by atoms with Gasteiger partial charge < -0.3 is 24.8 Å². The molecule has 0 saturated carbocycles. The van der Waals surface area contributed by atoms with Gasteiger partial charge in [-0.2, -0.15) is 13.4 Å². The molecule has 14 heteroatoms. The van der Waals surface area contributed by atoms with E-state index < -0.39 is 27.6 Å². The quantitative estimate of drug-likeness (QED) is 0.189. The van der Waals surface area contributed by atoms with Crippen LogP contribution < -0.4 is 20.7 Å². The van der Waals surface area contributed by atoms with Crippen molar-refractivity contribution >= 4 is 45.0 Å². The minimum absolute atomic E-state index is 0.0560. The van der Waals surface area contributed by atoms with E-state index in [0.29, 0.717) is 22.8 Å². The summed E-state index contributed by atoms with van der Waals surface area (Å²) in [5.74, 6) is 0.0211. The van der Waals surface area contributed by atoms with Crippen LogP contribution in [0.1, 0.15) is 20.8 Å². The minimum Gasteiger partial charge on any atom is -0.491 e. The van der Waals surface area contributed by atoms with Gasteiger partial charge in [0.2, 0.25) is 5.95 Å². The van der Waals surface area contributed by atoms with E-state index in [9.17, 15) is 17.6 Å². The predicted molar refractivity (Wildman–Crippen MR) is 148 cm³/mol. The van der Waals surface area contributed by atoms with Crippen LogP contribution in [0.3, 0.4) is 0 Å². The molecule has 0 saturated heterocycles. The Bertz CT molecular complexity index is 1380. The van der Waals surface area contributed by atoms with E-state index in [1.54, 1.807) is 69.3 Å². The average molecular weight is 578 g/mol. The fraction of sp³-hybridized carbons (Fsp3) is 0.346. The van der Waals surface area contributed by atoms with E-state index in [0.717, 1.165) is 12.5 Å². The van der Waals surface area contributed by atoms with Crippen LogP contribution in [0.15, 0.2) is 54.7 Å². The molecule has 0 aliphatic carbocycles. The third-order valence-corrected chi connectivity index (χ3v) is 5.24. The van der Waals surface area contributed by atoms with Crippen LogP contribution >= 0.6 is 0 Å². The van der Waals surface area contributed by atoms with Gasteiger partial charge in [0.1, 0.15) is 18.0 Å². The molecule has 0 atom stereocenters. The molecule has 2 aromatic carbocycles. The summed E-state index contributed by atoms with van der Waals surface area (Å²) in [6.07, 6.45) is 1.41. The average Bonchev–Trinajstić information content (AvgIpc) is 2.85. The zero-order chi connectivity index (χ0) is 29.2. The van der Waals surface area contributed by atoms with Crippen molar-refractivity contribution in [3.05, 3.63) is 60.5 Å². The number of carbonyl (C=O) groups is 1. The standard InChI is InChI=1S/C26H32FN5O7S/c1-26(2,3)39-25(33)31-20-7-5-6-19(16-20)29-23-22(27)17-28-24(32-23)30-18-8-10-21(11-9-18)37-14-12-36-13-15-38-40(4,34)35/h5-11,16-17H,12-15H2,1-4H3,(H,31,33)(H2,28,29,30,32). The van der Waals surface area contributed by atoms with E-state index >= 15 is 0 Å². The second-order valence-electron chi connectivity index (χ2n) is 9.36. The van der Waals surface area contributed by atoms with E-state index in [2.05, 4.69) is 30.1 Å². The maximum atomic E-state index is 14.4. The molecule has 3 rings (SSSR count). The third kappa shape index (κ3) is 11.4. The molecule has 1 heterocycles. The van der Waals surface area contributed by atoms with Crippen molar-refractivity contribution < 1.29 is 36.0 Å². The number of ether oxygens (including phenoxy) is 3. The smallest absolute Gasteiger partial charge is 0.412 e. The van der Waals surface area contributed by atoms with Crippen molar-refractivity contribution in [3.8, 4) is 5.75 Å². The van der Waals surface area contributed by atoms with Gasteiger partial charge in [0.25, 0.3) is 10.1 Å². The highest BCUT2D eigenvalue weighted by Gasteiger charge is 2.16. The molecule has 0 bridgehead atoms. The van der Waals surface area contributed by atoms with E-state index in [1.807, 2.05) is 0 Å². The number of nitrogens with zero attached hydrogens (tertiary/aromatic N) is 2. The predicted octanol–water partition coefficient (Wildman–Crippen LogP) is 4.82. The number of aromatic nitrogens is 2. The Kier molecular flexibility index (Phi) is 10.6. The third-order valence-electron chi connectivity index (χ3n) is 4.65. The first-order valence-electron chi connectivity index (χ1n) is 12.2. The lowest BCUT2D eigenvalue weighted by Gasteiger charge is -2.19. The van der Waals surface area contributed by atoms with Crippen LogP contribution in [0.5, 0.6) is 5.75 Å². The fourth-order valence-corrected chi connectivity index (χ4v) is 3.45. The number of carbonyl (C=O) groups excluding carboxylic acids is 1. The highest BCUT2D eigenvalue weighted by molar-refractivity contribution is 7.85. The highest BCUT2D eigenvalue weighted by Crippen LogP contribution is 2.24. The Balaban J connectivity index is 1.51. The molecule has 0 unspecified atom stereocenters. The molecule has 3 N–H and O–H groups in total. The first-order valence-corrected chi connectivity index (χ1v) is 14.0. The number of amides is 1. The molecule has 0 fully saturated rings. The molecule has 0 spiro atoms. The van der Waals surface area contributed by atoms with E-state index in [4.69, 9.17) is 14.2 Å². The first-order chi connectivity index (χ1) is 18.9. The Morgan fingerprint density at radius 2 is 1.65 bits per heavy atom. The van der Waals surface area contributed by atoms with Crippen molar-refractivity contribution in [2.24, 2.45) is 0 Å². The molecule has 3 aromatic rings. The summed E-state index contributed by atoms with van der Waals surface area (Å²) in [5.41, 5.74) is 0.950. The normalized spacial score (nSPS) is 11.5. The van der Waals surface area contributed by atoms with Gasteiger partial charge in [-0.3, -0.25) is 9.50 Å². The minimum atomic E-state index is -3.48.